The number of nitrogens with zero attached hydrogens (tertiary/aromatic N) is 6. The molecule has 0 bridgehead atoms. The van der Waals surface area contributed by atoms with Crippen LogP contribution in [0.15, 0.2) is 48.9 Å². The van der Waals surface area contributed by atoms with Crippen LogP contribution in [0.1, 0.15) is 12.0 Å². The number of benzene rings is 1. The number of anilines is 2. The molecule has 4 rings (SSSR count). The first-order valence-corrected chi connectivity index (χ1v) is 8.55. The van der Waals surface area contributed by atoms with Gasteiger partial charge in [0.15, 0.2) is 5.82 Å². The fourth-order valence-corrected chi connectivity index (χ4v) is 2.84. The van der Waals surface area contributed by atoms with E-state index >= 15 is 0 Å². The summed E-state index contributed by atoms with van der Waals surface area (Å²) in [6, 6.07) is 8.98. The monoisotopic (exact) mass is 379 g/mol. The van der Waals surface area contributed by atoms with Gasteiger partial charge in [-0.3, -0.25) is 9.36 Å². The van der Waals surface area contributed by atoms with E-state index in [4.69, 9.17) is 5.26 Å². The first-order chi connectivity index (χ1) is 13.6. The molecule has 0 fully saturated rings. The van der Waals surface area contributed by atoms with Crippen molar-refractivity contribution in [2.24, 2.45) is 0 Å². The number of aromatic nitrogens is 5. The second-order valence-corrected chi connectivity index (χ2v) is 6.16. The van der Waals surface area contributed by atoms with Crippen LogP contribution in [0, 0.1) is 23.0 Å². The normalized spacial score (nSPS) is 10.9. The molecule has 0 amide bonds. The number of pyridine rings is 1. The van der Waals surface area contributed by atoms with E-state index in [1.165, 1.54) is 0 Å². The summed E-state index contributed by atoms with van der Waals surface area (Å²) in [7, 11) is 0. The molecule has 0 atom stereocenters. The third-order valence-corrected chi connectivity index (χ3v) is 4.20. The summed E-state index contributed by atoms with van der Waals surface area (Å²) in [6.45, 7) is 0.607. The third-order valence-electron chi connectivity index (χ3n) is 4.20. The minimum absolute atomic E-state index is 0.0966. The van der Waals surface area contributed by atoms with Crippen LogP contribution in [-0.4, -0.2) is 24.5 Å². The lowest BCUT2D eigenvalue weighted by atomic mass is 10.2. The molecule has 4 aromatic rings. The van der Waals surface area contributed by atoms with E-state index in [0.29, 0.717) is 24.6 Å². The molecule has 28 heavy (non-hydrogen) atoms. The Labute approximate surface area is 158 Å². The highest BCUT2D eigenvalue weighted by molar-refractivity contribution is 5.80. The predicted molar refractivity (Wildman–Crippen MR) is 98.7 cm³/mol. The highest BCUT2D eigenvalue weighted by Gasteiger charge is 2.10. The molecule has 0 aliphatic rings. The largest absolute Gasteiger partial charge is 0.323 e. The summed E-state index contributed by atoms with van der Waals surface area (Å²) in [5, 5.41) is 21.1. The van der Waals surface area contributed by atoms with Crippen molar-refractivity contribution in [1.29, 1.82) is 5.26 Å². The molecular formula is C19H15F2N7. The maximum absolute atomic E-state index is 14.0. The number of aryl methyl sites for hydroxylation is 1. The number of fused-ring (bicyclic) bond motifs is 1. The van der Waals surface area contributed by atoms with Crippen LogP contribution in [0.5, 0.6) is 0 Å². The third kappa shape index (κ3) is 3.66. The molecule has 1 N–H and O–H groups in total. The summed E-state index contributed by atoms with van der Waals surface area (Å²) >= 11 is 0. The Bertz CT molecular complexity index is 1170. The van der Waals surface area contributed by atoms with Crippen LogP contribution >= 0.6 is 0 Å². The van der Waals surface area contributed by atoms with Gasteiger partial charge in [-0.05, 0) is 18.2 Å². The van der Waals surface area contributed by atoms with Crippen molar-refractivity contribution < 1.29 is 8.78 Å². The molecular weight excluding hydrogens is 364 g/mol. The van der Waals surface area contributed by atoms with Gasteiger partial charge in [0.05, 0.1) is 37.3 Å². The molecule has 140 valence electrons. The molecule has 3 aromatic heterocycles. The van der Waals surface area contributed by atoms with Crippen LogP contribution in [-0.2, 0) is 13.1 Å². The molecule has 3 heterocycles. The number of nitriles is 1. The minimum atomic E-state index is -0.496. The molecule has 0 spiro atoms. The van der Waals surface area contributed by atoms with E-state index in [1.54, 1.807) is 40.1 Å². The second-order valence-electron chi connectivity index (χ2n) is 6.16. The molecule has 9 heteroatoms. The van der Waals surface area contributed by atoms with Crippen LogP contribution in [0.3, 0.4) is 0 Å². The smallest absolute Gasteiger partial charge is 0.153 e. The number of hydrogen-bond acceptors (Lipinski definition) is 5. The van der Waals surface area contributed by atoms with Gasteiger partial charge >= 0.3 is 0 Å². The van der Waals surface area contributed by atoms with Crippen molar-refractivity contribution in [2.45, 2.75) is 19.5 Å². The van der Waals surface area contributed by atoms with Gasteiger partial charge in [-0.1, -0.05) is 0 Å². The van der Waals surface area contributed by atoms with Gasteiger partial charge in [-0.15, -0.1) is 0 Å². The van der Waals surface area contributed by atoms with E-state index in [2.05, 4.69) is 26.6 Å². The predicted octanol–water partition coefficient (Wildman–Crippen LogP) is 3.61. The number of halogens is 2. The maximum atomic E-state index is 14.0. The zero-order valence-electron chi connectivity index (χ0n) is 14.7. The zero-order chi connectivity index (χ0) is 19.5. The van der Waals surface area contributed by atoms with Crippen molar-refractivity contribution in [1.82, 2.24) is 24.5 Å². The summed E-state index contributed by atoms with van der Waals surface area (Å²) < 4.78 is 30.6. The van der Waals surface area contributed by atoms with Gasteiger partial charge in [-0.25, -0.2) is 13.8 Å². The highest BCUT2D eigenvalue weighted by atomic mass is 19.1. The lowest BCUT2D eigenvalue weighted by molar-refractivity contribution is 0.570. The molecule has 0 saturated carbocycles. The highest BCUT2D eigenvalue weighted by Crippen LogP contribution is 2.21. The van der Waals surface area contributed by atoms with E-state index in [-0.39, 0.29) is 12.1 Å². The van der Waals surface area contributed by atoms with Gasteiger partial charge < -0.3 is 5.32 Å². The Balaban J connectivity index is 1.58. The van der Waals surface area contributed by atoms with Gasteiger partial charge in [0, 0.05) is 35.5 Å². The molecule has 0 aliphatic carbocycles. The van der Waals surface area contributed by atoms with E-state index < -0.39 is 11.6 Å². The Morgan fingerprint density at radius 2 is 2.00 bits per heavy atom. The first kappa shape index (κ1) is 17.6. The van der Waals surface area contributed by atoms with E-state index in [9.17, 15) is 8.78 Å². The summed E-state index contributed by atoms with van der Waals surface area (Å²) in [5.41, 5.74) is 0.942. The Kier molecular flexibility index (Phi) is 4.68. The second kappa shape index (κ2) is 7.44. The topological polar surface area (TPSA) is 84.4 Å². The average molecular weight is 379 g/mol. The zero-order valence-corrected chi connectivity index (χ0v) is 14.7. The number of nitrogens with one attached hydrogen (secondary N) is 1. The van der Waals surface area contributed by atoms with Gasteiger partial charge in [0.25, 0.3) is 0 Å². The fourth-order valence-electron chi connectivity index (χ4n) is 2.84. The van der Waals surface area contributed by atoms with E-state index in [0.717, 1.165) is 29.1 Å². The average Bonchev–Trinajstić information content (AvgIpc) is 3.30. The number of rotatable bonds is 6. The van der Waals surface area contributed by atoms with Crippen molar-refractivity contribution in [3.05, 3.63) is 66.1 Å². The van der Waals surface area contributed by atoms with Crippen molar-refractivity contribution >= 4 is 22.5 Å². The van der Waals surface area contributed by atoms with Crippen molar-refractivity contribution in [3.63, 3.8) is 0 Å². The molecule has 0 aliphatic heterocycles. The Morgan fingerprint density at radius 1 is 1.11 bits per heavy atom. The lowest BCUT2D eigenvalue weighted by Crippen LogP contribution is -2.04. The summed E-state index contributed by atoms with van der Waals surface area (Å²) in [4.78, 5) is 4.33. The van der Waals surface area contributed by atoms with Crippen LogP contribution < -0.4 is 5.32 Å². The molecule has 1 aromatic carbocycles. The Morgan fingerprint density at radius 3 is 2.86 bits per heavy atom. The standard InChI is InChI=1S/C19H15F2N7/c20-15-2-3-16(21)13(8-15)12-28-17-9-19(23-10-14(17)11-24-28)25-18-4-7-27(26-18)6-1-5-22/h2-4,7-11H,1,6,12H2,(H,23,25,26). The molecule has 7 nitrogen and oxygen atoms in total. The maximum Gasteiger partial charge on any atom is 0.153 e. The minimum Gasteiger partial charge on any atom is -0.323 e. The van der Waals surface area contributed by atoms with Gasteiger partial charge in [-0.2, -0.15) is 15.5 Å². The van der Waals surface area contributed by atoms with Gasteiger partial charge in [0.2, 0.25) is 0 Å². The van der Waals surface area contributed by atoms with Crippen molar-refractivity contribution in [3.8, 4) is 6.07 Å². The summed E-state index contributed by atoms with van der Waals surface area (Å²) in [5.74, 6) is 0.149. The first-order valence-electron chi connectivity index (χ1n) is 8.55. The van der Waals surface area contributed by atoms with Crippen LogP contribution in [0.4, 0.5) is 20.4 Å². The summed E-state index contributed by atoms with van der Waals surface area (Å²) in [6.07, 6.45) is 5.42. The van der Waals surface area contributed by atoms with Crippen LogP contribution in [0.2, 0.25) is 0 Å². The molecule has 0 radical (unpaired) electrons. The quantitative estimate of drug-likeness (QED) is 0.553. The lowest BCUT2D eigenvalue weighted by Gasteiger charge is -2.07. The number of hydrogen-bond donors (Lipinski definition) is 1. The van der Waals surface area contributed by atoms with Gasteiger partial charge in [0.1, 0.15) is 17.5 Å². The van der Waals surface area contributed by atoms with E-state index in [1.807, 2.05) is 0 Å². The van der Waals surface area contributed by atoms with Crippen LogP contribution in [0.25, 0.3) is 10.9 Å². The molecule has 0 saturated heterocycles. The Hall–Kier alpha value is -3.80. The van der Waals surface area contributed by atoms with Crippen molar-refractivity contribution in [2.75, 3.05) is 5.32 Å². The molecule has 0 unspecified atom stereocenters. The SMILES string of the molecule is N#CCCn1ccc(Nc2cc3c(cn2)cnn3Cc2cc(F)ccc2F)n1. The fraction of sp³-hybridized carbons (Fsp3) is 0.158.